The van der Waals surface area contributed by atoms with Gasteiger partial charge in [-0.15, -0.1) is 0 Å². The fraction of sp³-hybridized carbons (Fsp3) is 0. The van der Waals surface area contributed by atoms with Crippen molar-refractivity contribution in [3.8, 4) is 0 Å². The maximum atomic E-state index is 10.0. The Labute approximate surface area is 52.8 Å². The molecule has 0 unspecified atom stereocenters. The molecule has 1 rings (SSSR count). The van der Waals surface area contributed by atoms with E-state index in [0.717, 1.165) is 12.5 Å². The van der Waals surface area contributed by atoms with E-state index in [0.29, 0.717) is 11.1 Å². The lowest BCUT2D eigenvalue weighted by atomic mass is 10.3. The summed E-state index contributed by atoms with van der Waals surface area (Å²) in [4.78, 5) is 10.0. The van der Waals surface area contributed by atoms with E-state index in [1.807, 2.05) is 0 Å². The van der Waals surface area contributed by atoms with Gasteiger partial charge in [-0.2, -0.15) is 0 Å². The van der Waals surface area contributed by atoms with Crippen LogP contribution in [0.15, 0.2) is 35.6 Å². The molecule has 0 bridgehead atoms. The van der Waals surface area contributed by atoms with Crippen molar-refractivity contribution >= 4 is 6.29 Å². The Morgan fingerprint density at radius 1 is 1.44 bits per heavy atom. The van der Waals surface area contributed by atoms with Crippen LogP contribution in [0.2, 0.25) is 0 Å². The van der Waals surface area contributed by atoms with Crippen molar-refractivity contribution in [3.05, 3.63) is 35.6 Å². The fourth-order valence-corrected chi connectivity index (χ4v) is 0.635. The molecule has 1 aliphatic carbocycles. The van der Waals surface area contributed by atoms with Crippen molar-refractivity contribution in [2.45, 2.75) is 0 Å². The first-order valence-electron chi connectivity index (χ1n) is 2.56. The van der Waals surface area contributed by atoms with Gasteiger partial charge in [0, 0.05) is 11.1 Å². The zero-order valence-corrected chi connectivity index (χ0v) is 4.74. The summed E-state index contributed by atoms with van der Waals surface area (Å²) in [5.41, 5.74) is 1.26. The third kappa shape index (κ3) is 1.08. The first-order valence-corrected chi connectivity index (χ1v) is 2.56. The first-order chi connectivity index (χ1) is 4.36. The third-order valence-corrected chi connectivity index (χ3v) is 1.09. The van der Waals surface area contributed by atoms with Crippen LogP contribution < -0.4 is 0 Å². The van der Waals surface area contributed by atoms with Gasteiger partial charge in [0.25, 0.3) is 0 Å². The lowest BCUT2D eigenvalue weighted by Crippen LogP contribution is -1.71. The topological polar surface area (TPSA) is 37.3 Å². The van der Waals surface area contributed by atoms with E-state index in [-0.39, 0.29) is 0 Å². The minimum absolute atomic E-state index is 0.593. The molecule has 0 atom stereocenters. The largest absolute Gasteiger partial charge is 0.515 e. The summed E-state index contributed by atoms with van der Waals surface area (Å²) in [7, 11) is 0. The van der Waals surface area contributed by atoms with E-state index in [4.69, 9.17) is 5.11 Å². The van der Waals surface area contributed by atoms with Crippen molar-refractivity contribution in [2.75, 3.05) is 0 Å². The fourth-order valence-electron chi connectivity index (χ4n) is 0.635. The second kappa shape index (κ2) is 2.31. The predicted molar refractivity (Wildman–Crippen MR) is 34.0 cm³/mol. The van der Waals surface area contributed by atoms with Gasteiger partial charge in [-0.05, 0) is 6.08 Å². The highest BCUT2D eigenvalue weighted by molar-refractivity contribution is 5.81. The van der Waals surface area contributed by atoms with Gasteiger partial charge in [-0.1, -0.05) is 12.2 Å². The van der Waals surface area contributed by atoms with Gasteiger partial charge in [0.05, 0.1) is 6.26 Å². The van der Waals surface area contributed by atoms with Crippen LogP contribution in [0.1, 0.15) is 0 Å². The zero-order chi connectivity index (χ0) is 6.69. The van der Waals surface area contributed by atoms with Gasteiger partial charge in [-0.3, -0.25) is 4.79 Å². The summed E-state index contributed by atoms with van der Waals surface area (Å²) in [5, 5.41) is 8.41. The highest BCUT2D eigenvalue weighted by atomic mass is 16.2. The molecule has 2 heteroatoms. The van der Waals surface area contributed by atoms with Gasteiger partial charge in [-0.25, -0.2) is 0 Å². The zero-order valence-electron chi connectivity index (χ0n) is 4.74. The number of hydrogen-bond acceptors (Lipinski definition) is 2. The second-order valence-electron chi connectivity index (χ2n) is 1.72. The minimum Gasteiger partial charge on any atom is -0.515 e. The van der Waals surface area contributed by atoms with Gasteiger partial charge < -0.3 is 5.11 Å². The predicted octanol–water partition coefficient (Wildman–Crippen LogP) is 1.12. The Hall–Kier alpha value is -1.31. The molecule has 1 aliphatic rings. The van der Waals surface area contributed by atoms with Crippen LogP contribution in [0.4, 0.5) is 0 Å². The summed E-state index contributed by atoms with van der Waals surface area (Å²) in [6.07, 6.45) is 6.63. The first kappa shape index (κ1) is 5.82. The molecule has 0 aromatic rings. The quantitative estimate of drug-likeness (QED) is 0.418. The van der Waals surface area contributed by atoms with Crippen molar-refractivity contribution in [1.82, 2.24) is 0 Å². The summed E-state index contributed by atoms with van der Waals surface area (Å²) >= 11 is 0. The van der Waals surface area contributed by atoms with Crippen molar-refractivity contribution in [3.63, 3.8) is 0 Å². The van der Waals surface area contributed by atoms with Crippen LogP contribution in [-0.2, 0) is 4.79 Å². The van der Waals surface area contributed by atoms with Crippen molar-refractivity contribution in [1.29, 1.82) is 0 Å². The number of rotatable bonds is 1. The second-order valence-corrected chi connectivity index (χ2v) is 1.72. The van der Waals surface area contributed by atoms with E-state index in [2.05, 4.69) is 0 Å². The normalized spacial score (nSPS) is 20.4. The number of aliphatic hydroxyl groups is 1. The average molecular weight is 122 g/mol. The van der Waals surface area contributed by atoms with E-state index in [1.165, 1.54) is 0 Å². The molecule has 2 nitrogen and oxygen atoms in total. The molecule has 0 aromatic carbocycles. The Balaban J connectivity index is 2.86. The Kier molecular flexibility index (Phi) is 1.49. The molecule has 0 saturated heterocycles. The van der Waals surface area contributed by atoms with E-state index < -0.39 is 0 Å². The summed E-state index contributed by atoms with van der Waals surface area (Å²) in [6, 6.07) is 0. The lowest BCUT2D eigenvalue weighted by Gasteiger charge is -1.79. The summed E-state index contributed by atoms with van der Waals surface area (Å²) in [6.45, 7) is 0. The Morgan fingerprint density at radius 3 is 2.56 bits per heavy atom. The van der Waals surface area contributed by atoms with Crippen LogP contribution in [0.25, 0.3) is 0 Å². The average Bonchev–Trinajstić information content (AvgIpc) is 2.34. The number of allylic oxidation sites excluding steroid dienone is 5. The maximum Gasteiger partial charge on any atom is 0.150 e. The molecular formula is C7H6O2. The van der Waals surface area contributed by atoms with Crippen LogP contribution in [0.3, 0.4) is 0 Å². The smallest absolute Gasteiger partial charge is 0.150 e. The lowest BCUT2D eigenvalue weighted by molar-refractivity contribution is -0.104. The third-order valence-electron chi connectivity index (χ3n) is 1.09. The number of carbonyl (C=O) groups excluding carboxylic acids is 1. The molecule has 0 heterocycles. The van der Waals surface area contributed by atoms with Gasteiger partial charge in [0.15, 0.2) is 0 Å². The number of carbonyl (C=O) groups is 1. The molecular weight excluding hydrogens is 116 g/mol. The number of aliphatic hydroxyl groups excluding tert-OH is 1. The molecule has 0 fully saturated rings. The van der Waals surface area contributed by atoms with E-state index in [9.17, 15) is 4.79 Å². The Bertz CT molecular complexity index is 209. The highest BCUT2D eigenvalue weighted by Crippen LogP contribution is 2.11. The molecule has 0 amide bonds. The summed E-state index contributed by atoms with van der Waals surface area (Å²) < 4.78 is 0. The van der Waals surface area contributed by atoms with E-state index in [1.54, 1.807) is 18.2 Å². The molecule has 0 saturated carbocycles. The van der Waals surface area contributed by atoms with Crippen LogP contribution in [0.5, 0.6) is 0 Å². The van der Waals surface area contributed by atoms with Crippen molar-refractivity contribution in [2.24, 2.45) is 0 Å². The number of hydrogen-bond donors (Lipinski definition) is 1. The standard InChI is InChI=1S/C7H6O2/c8-4-6-1-2-7(3-6)5-9/h1-5,8H/b6-4+. The molecule has 0 aromatic heterocycles. The van der Waals surface area contributed by atoms with Gasteiger partial charge in [0.1, 0.15) is 6.29 Å². The van der Waals surface area contributed by atoms with Crippen LogP contribution in [-0.4, -0.2) is 11.4 Å². The SMILES string of the molecule is O=CC1=C/C(=C/O)C=C1. The highest BCUT2D eigenvalue weighted by Gasteiger charge is 1.98. The number of aldehydes is 1. The maximum absolute atomic E-state index is 10.0. The molecule has 0 aliphatic heterocycles. The van der Waals surface area contributed by atoms with E-state index >= 15 is 0 Å². The minimum atomic E-state index is 0.593. The Morgan fingerprint density at radius 2 is 2.22 bits per heavy atom. The molecule has 46 valence electrons. The van der Waals surface area contributed by atoms with Gasteiger partial charge >= 0.3 is 0 Å². The molecule has 0 radical (unpaired) electrons. The molecule has 9 heavy (non-hydrogen) atoms. The van der Waals surface area contributed by atoms with Crippen LogP contribution in [0, 0.1) is 0 Å². The molecule has 0 spiro atoms. The van der Waals surface area contributed by atoms with Crippen molar-refractivity contribution < 1.29 is 9.90 Å². The van der Waals surface area contributed by atoms with Crippen LogP contribution >= 0.6 is 0 Å². The summed E-state index contributed by atoms with van der Waals surface area (Å²) in [5.74, 6) is 0. The van der Waals surface area contributed by atoms with Gasteiger partial charge in [0.2, 0.25) is 0 Å². The monoisotopic (exact) mass is 122 g/mol. The molecule has 1 N–H and O–H groups in total.